The van der Waals surface area contributed by atoms with Gasteiger partial charge in [-0.15, -0.1) is 0 Å². The topological polar surface area (TPSA) is 23.6 Å². The molecule has 2 heterocycles. The molecule has 0 N–H and O–H groups in total. The summed E-state index contributed by atoms with van der Waals surface area (Å²) >= 11 is 6.62. The Morgan fingerprint density at radius 3 is 2.52 bits per heavy atom. The summed E-state index contributed by atoms with van der Waals surface area (Å²) in [5.74, 6) is 0.00240. The smallest absolute Gasteiger partial charge is 0.266 e. The van der Waals surface area contributed by atoms with Crippen molar-refractivity contribution < 1.29 is 4.79 Å². The molecule has 0 atom stereocenters. The van der Waals surface area contributed by atoms with E-state index in [1.807, 2.05) is 31.2 Å². The molecule has 0 aliphatic carbocycles. The number of thiocarbonyl (C=S) groups is 1. The zero-order valence-electron chi connectivity index (χ0n) is 13.2. The van der Waals surface area contributed by atoms with Crippen LogP contribution in [0.5, 0.6) is 0 Å². The van der Waals surface area contributed by atoms with E-state index in [0.717, 1.165) is 12.2 Å². The van der Waals surface area contributed by atoms with E-state index < -0.39 is 0 Å². The highest BCUT2D eigenvalue weighted by atomic mass is 32.2. The highest BCUT2D eigenvalue weighted by Gasteiger charge is 2.30. The van der Waals surface area contributed by atoms with Gasteiger partial charge < -0.3 is 4.90 Å². The van der Waals surface area contributed by atoms with Gasteiger partial charge in [0.05, 0.1) is 4.91 Å². The summed E-state index contributed by atoms with van der Waals surface area (Å²) < 4.78 is 0.638. The molecule has 1 saturated heterocycles. The molecule has 0 radical (unpaired) electrons. The van der Waals surface area contributed by atoms with E-state index in [0.29, 0.717) is 15.8 Å². The van der Waals surface area contributed by atoms with Crippen molar-refractivity contribution in [3.8, 4) is 0 Å². The van der Waals surface area contributed by atoms with Crippen LogP contribution in [-0.2, 0) is 4.79 Å². The first-order chi connectivity index (χ1) is 11.2. The maximum atomic E-state index is 12.3. The van der Waals surface area contributed by atoms with Crippen LogP contribution in [-0.4, -0.2) is 28.2 Å². The maximum absolute atomic E-state index is 12.3. The Balaban J connectivity index is 1.91. The van der Waals surface area contributed by atoms with Crippen molar-refractivity contribution in [2.24, 2.45) is 0 Å². The number of likely N-dealkylation sites (N-methyl/N-ethyl adjacent to an activating group) is 2. The van der Waals surface area contributed by atoms with Crippen LogP contribution in [0.3, 0.4) is 0 Å². The number of anilines is 1. The summed E-state index contributed by atoms with van der Waals surface area (Å²) in [7, 11) is 0. The number of carbonyl (C=O) groups excluding carboxylic acids is 1. The Bertz CT molecular complexity index is 749. The molecular weight excluding hydrogens is 324 g/mol. The summed E-state index contributed by atoms with van der Waals surface area (Å²) in [6, 6.07) is 8.32. The Morgan fingerprint density at radius 2 is 1.83 bits per heavy atom. The third-order valence-corrected chi connectivity index (χ3v) is 5.28. The van der Waals surface area contributed by atoms with Crippen molar-refractivity contribution >= 4 is 46.0 Å². The average Bonchev–Trinajstić information content (AvgIpc) is 2.85. The Labute approximate surface area is 146 Å². The molecule has 0 spiro atoms. The van der Waals surface area contributed by atoms with E-state index in [1.54, 1.807) is 4.90 Å². The molecule has 118 valence electrons. The number of nitrogens with zero attached hydrogens (tertiary/aromatic N) is 2. The van der Waals surface area contributed by atoms with Gasteiger partial charge in [-0.25, -0.2) is 0 Å². The number of amides is 1. The van der Waals surface area contributed by atoms with Crippen molar-refractivity contribution in [1.82, 2.24) is 4.90 Å². The number of hydrogen-bond donors (Lipinski definition) is 0. The van der Waals surface area contributed by atoms with Gasteiger partial charge in [-0.1, -0.05) is 48.3 Å². The minimum atomic E-state index is 0.00240. The van der Waals surface area contributed by atoms with Gasteiger partial charge in [-0.2, -0.15) is 0 Å². The van der Waals surface area contributed by atoms with Crippen LogP contribution in [0.2, 0.25) is 0 Å². The SMILES string of the molecule is CCN1C(=O)/C(=C/C=C2/C=Cc3ccccc3N2CC)SC1=S. The lowest BCUT2D eigenvalue weighted by atomic mass is 10.1. The van der Waals surface area contributed by atoms with Crippen LogP contribution < -0.4 is 4.90 Å². The molecule has 0 aromatic heterocycles. The molecule has 0 bridgehead atoms. The second kappa shape index (κ2) is 6.72. The maximum Gasteiger partial charge on any atom is 0.266 e. The van der Waals surface area contributed by atoms with Gasteiger partial charge in [-0.05, 0) is 43.7 Å². The van der Waals surface area contributed by atoms with Gasteiger partial charge >= 0.3 is 0 Å². The first-order valence-corrected chi connectivity index (χ1v) is 8.88. The molecule has 1 amide bonds. The minimum absolute atomic E-state index is 0.00240. The Hall–Kier alpha value is -1.85. The van der Waals surface area contributed by atoms with E-state index in [1.165, 1.54) is 23.0 Å². The zero-order chi connectivity index (χ0) is 16.4. The number of allylic oxidation sites excluding steroid dienone is 3. The summed E-state index contributed by atoms with van der Waals surface area (Å²) in [4.78, 5) is 16.8. The molecule has 0 saturated carbocycles. The normalized spacial score (nSPS) is 20.8. The monoisotopic (exact) mass is 342 g/mol. The van der Waals surface area contributed by atoms with Gasteiger partial charge in [-0.3, -0.25) is 9.69 Å². The molecule has 3 rings (SSSR count). The predicted molar refractivity (Wildman–Crippen MR) is 102 cm³/mol. The molecule has 1 aromatic carbocycles. The van der Waals surface area contributed by atoms with Crippen molar-refractivity contribution in [3.05, 3.63) is 58.7 Å². The molecule has 2 aliphatic rings. The van der Waals surface area contributed by atoms with Crippen molar-refractivity contribution in [3.63, 3.8) is 0 Å². The molecule has 2 aliphatic heterocycles. The minimum Gasteiger partial charge on any atom is -0.341 e. The highest BCUT2D eigenvalue weighted by Crippen LogP contribution is 2.33. The van der Waals surface area contributed by atoms with Gasteiger partial charge in [0.25, 0.3) is 5.91 Å². The number of carbonyl (C=O) groups is 1. The second-order valence-corrected chi connectivity index (χ2v) is 6.85. The Kier molecular flexibility index (Phi) is 4.68. The first-order valence-electron chi connectivity index (χ1n) is 7.66. The summed E-state index contributed by atoms with van der Waals surface area (Å²) in [6.07, 6.45) is 8.07. The van der Waals surface area contributed by atoms with Gasteiger partial charge in [0.15, 0.2) is 0 Å². The molecule has 1 aromatic rings. The summed E-state index contributed by atoms with van der Waals surface area (Å²) in [6.45, 7) is 5.55. The second-order valence-electron chi connectivity index (χ2n) is 5.18. The standard InChI is InChI=1S/C18H18N2OS2/c1-3-19-14(10-9-13-7-5-6-8-15(13)19)11-12-16-17(21)20(4-2)18(22)23-16/h5-12H,3-4H2,1-2H3/b14-11-,16-12-. The largest absolute Gasteiger partial charge is 0.341 e. The average molecular weight is 342 g/mol. The Morgan fingerprint density at radius 1 is 1.09 bits per heavy atom. The van der Waals surface area contributed by atoms with Gasteiger partial charge in [0, 0.05) is 24.5 Å². The van der Waals surface area contributed by atoms with Crippen molar-refractivity contribution in [2.45, 2.75) is 13.8 Å². The molecule has 0 unspecified atom stereocenters. The lowest BCUT2D eigenvalue weighted by Gasteiger charge is -2.29. The fraction of sp³-hybridized carbons (Fsp3) is 0.222. The fourth-order valence-electron chi connectivity index (χ4n) is 2.72. The summed E-state index contributed by atoms with van der Waals surface area (Å²) in [5, 5.41) is 0. The van der Waals surface area contributed by atoms with Crippen LogP contribution in [0.25, 0.3) is 6.08 Å². The number of para-hydroxylation sites is 1. The lowest BCUT2D eigenvalue weighted by molar-refractivity contribution is -0.122. The molecule has 1 fully saturated rings. The van der Waals surface area contributed by atoms with Gasteiger partial charge in [0.2, 0.25) is 0 Å². The number of rotatable bonds is 3. The number of thioether (sulfide) groups is 1. The van der Waals surface area contributed by atoms with E-state index in [9.17, 15) is 4.79 Å². The molecular formula is C18H18N2OS2. The molecule has 5 heteroatoms. The van der Waals surface area contributed by atoms with Crippen LogP contribution in [0.15, 0.2) is 53.1 Å². The lowest BCUT2D eigenvalue weighted by Crippen LogP contribution is -2.27. The predicted octanol–water partition coefficient (Wildman–Crippen LogP) is 4.19. The quantitative estimate of drug-likeness (QED) is 0.607. The third-order valence-electron chi connectivity index (χ3n) is 3.88. The van der Waals surface area contributed by atoms with Crippen LogP contribution >= 0.6 is 24.0 Å². The number of hydrogen-bond acceptors (Lipinski definition) is 4. The summed E-state index contributed by atoms with van der Waals surface area (Å²) in [5.41, 5.74) is 3.48. The van der Waals surface area contributed by atoms with Gasteiger partial charge in [0.1, 0.15) is 4.32 Å². The number of fused-ring (bicyclic) bond motifs is 1. The van der Waals surface area contributed by atoms with Crippen LogP contribution in [0.4, 0.5) is 5.69 Å². The fourth-order valence-corrected chi connectivity index (χ4v) is 4.05. The molecule has 3 nitrogen and oxygen atoms in total. The third kappa shape index (κ3) is 2.99. The number of benzene rings is 1. The van der Waals surface area contributed by atoms with E-state index in [4.69, 9.17) is 12.2 Å². The zero-order valence-corrected chi connectivity index (χ0v) is 14.8. The van der Waals surface area contributed by atoms with Crippen LogP contribution in [0.1, 0.15) is 19.4 Å². The first kappa shape index (κ1) is 16.0. The van der Waals surface area contributed by atoms with Crippen molar-refractivity contribution in [2.75, 3.05) is 18.0 Å². The molecule has 23 heavy (non-hydrogen) atoms. The van der Waals surface area contributed by atoms with E-state index >= 15 is 0 Å². The van der Waals surface area contributed by atoms with E-state index in [-0.39, 0.29) is 5.91 Å². The van der Waals surface area contributed by atoms with Crippen LogP contribution in [0, 0.1) is 0 Å². The highest BCUT2D eigenvalue weighted by molar-refractivity contribution is 8.26. The van der Waals surface area contributed by atoms with Crippen molar-refractivity contribution in [1.29, 1.82) is 0 Å². The van der Waals surface area contributed by atoms with E-state index in [2.05, 4.69) is 36.1 Å².